The van der Waals surface area contributed by atoms with Gasteiger partial charge < -0.3 is 4.90 Å². The minimum Gasteiger partial charge on any atom is -0.310 e. The van der Waals surface area contributed by atoms with Gasteiger partial charge in [-0.3, -0.25) is 0 Å². The SMILES string of the molecule is c1ccc(-c2ccc(N(c3ccc(-c4ccc5ccc6ccc7ccccc7c6c5c4)cc3)c3ccc(-c4ccccc4)c4ccccc34)cc2)cc1. The van der Waals surface area contributed by atoms with Gasteiger partial charge in [0.25, 0.3) is 0 Å². The van der Waals surface area contributed by atoms with Crippen molar-refractivity contribution in [3.8, 4) is 33.4 Å². The van der Waals surface area contributed by atoms with Crippen LogP contribution in [0.4, 0.5) is 17.1 Å². The van der Waals surface area contributed by atoms with Gasteiger partial charge in [-0.1, -0.05) is 176 Å². The third-order valence-corrected chi connectivity index (χ3v) is 10.6. The van der Waals surface area contributed by atoms with Crippen molar-refractivity contribution in [1.29, 1.82) is 0 Å². The fourth-order valence-electron chi connectivity index (χ4n) is 8.02. The van der Waals surface area contributed by atoms with Gasteiger partial charge in [0.1, 0.15) is 0 Å². The molecule has 0 unspecified atom stereocenters. The van der Waals surface area contributed by atoms with E-state index in [9.17, 15) is 0 Å². The lowest BCUT2D eigenvalue weighted by atomic mass is 9.94. The summed E-state index contributed by atoms with van der Waals surface area (Å²) in [7, 11) is 0. The average molecular weight is 674 g/mol. The lowest BCUT2D eigenvalue weighted by Crippen LogP contribution is -2.10. The molecule has 10 rings (SSSR count). The van der Waals surface area contributed by atoms with E-state index in [1.165, 1.54) is 76.5 Å². The Bertz CT molecular complexity index is 2900. The molecule has 0 saturated carbocycles. The molecule has 248 valence electrons. The summed E-state index contributed by atoms with van der Waals surface area (Å²) in [6.07, 6.45) is 0. The van der Waals surface area contributed by atoms with Gasteiger partial charge in [-0.25, -0.2) is 0 Å². The largest absolute Gasteiger partial charge is 0.310 e. The highest BCUT2D eigenvalue weighted by Gasteiger charge is 2.18. The minimum absolute atomic E-state index is 1.11. The monoisotopic (exact) mass is 673 g/mol. The molecule has 1 heteroatoms. The van der Waals surface area contributed by atoms with Crippen LogP contribution in [0, 0.1) is 0 Å². The molecule has 10 aromatic rings. The first-order valence-corrected chi connectivity index (χ1v) is 18.3. The first kappa shape index (κ1) is 30.8. The molecule has 0 amide bonds. The fraction of sp³-hybridized carbons (Fsp3) is 0. The highest BCUT2D eigenvalue weighted by Crippen LogP contribution is 2.43. The van der Waals surface area contributed by atoms with Gasteiger partial charge in [-0.15, -0.1) is 0 Å². The quantitative estimate of drug-likeness (QED) is 0.159. The lowest BCUT2D eigenvalue weighted by Gasteiger charge is -2.28. The third kappa shape index (κ3) is 5.51. The zero-order valence-electron chi connectivity index (χ0n) is 29.2. The standard InChI is InChI=1S/C52H35N/c1-3-11-36(12-4-1)37-25-29-44(30-26-37)53(51-34-33-46(39-13-5-2-6-14-39)48-17-9-10-18-49(48)51)45-31-27-38(28-32-45)43-24-21-41-20-23-42-22-19-40-15-7-8-16-47(40)52(42)50(41)35-43/h1-35H. The number of benzene rings is 10. The van der Waals surface area contributed by atoms with E-state index < -0.39 is 0 Å². The Hall–Kier alpha value is -6.96. The van der Waals surface area contributed by atoms with Crippen LogP contribution in [0.15, 0.2) is 212 Å². The van der Waals surface area contributed by atoms with Crippen molar-refractivity contribution in [3.63, 3.8) is 0 Å². The van der Waals surface area contributed by atoms with E-state index in [-0.39, 0.29) is 0 Å². The maximum Gasteiger partial charge on any atom is 0.0540 e. The number of rotatable bonds is 6. The van der Waals surface area contributed by atoms with Crippen LogP contribution in [0.3, 0.4) is 0 Å². The number of nitrogens with zero attached hydrogens (tertiary/aromatic N) is 1. The molecule has 10 aromatic carbocycles. The van der Waals surface area contributed by atoms with Gasteiger partial charge >= 0.3 is 0 Å². The van der Waals surface area contributed by atoms with Crippen molar-refractivity contribution >= 4 is 60.2 Å². The topological polar surface area (TPSA) is 3.24 Å². The van der Waals surface area contributed by atoms with Crippen LogP contribution in [0.1, 0.15) is 0 Å². The summed E-state index contributed by atoms with van der Waals surface area (Å²) in [6.45, 7) is 0. The zero-order chi connectivity index (χ0) is 35.1. The lowest BCUT2D eigenvalue weighted by molar-refractivity contribution is 1.30. The molecule has 0 N–H and O–H groups in total. The van der Waals surface area contributed by atoms with Crippen LogP contribution in [-0.2, 0) is 0 Å². The smallest absolute Gasteiger partial charge is 0.0540 e. The van der Waals surface area contributed by atoms with Crippen molar-refractivity contribution in [1.82, 2.24) is 0 Å². The van der Waals surface area contributed by atoms with Crippen LogP contribution in [0.2, 0.25) is 0 Å². The number of fused-ring (bicyclic) bond motifs is 6. The Kier molecular flexibility index (Phi) is 7.55. The van der Waals surface area contributed by atoms with E-state index in [1.807, 2.05) is 0 Å². The Morgan fingerprint density at radius 2 is 0.736 bits per heavy atom. The van der Waals surface area contributed by atoms with Crippen molar-refractivity contribution < 1.29 is 0 Å². The molecule has 0 aliphatic carbocycles. The van der Waals surface area contributed by atoms with Crippen LogP contribution >= 0.6 is 0 Å². The van der Waals surface area contributed by atoms with Crippen LogP contribution in [0.25, 0.3) is 76.5 Å². The Balaban J connectivity index is 1.11. The number of hydrogen-bond acceptors (Lipinski definition) is 1. The van der Waals surface area contributed by atoms with Crippen LogP contribution in [0.5, 0.6) is 0 Å². The summed E-state index contributed by atoms with van der Waals surface area (Å²) in [4.78, 5) is 2.40. The van der Waals surface area contributed by atoms with Gasteiger partial charge in [0.05, 0.1) is 5.69 Å². The summed E-state index contributed by atoms with van der Waals surface area (Å²) in [5, 5.41) is 10.1. The number of hydrogen-bond donors (Lipinski definition) is 0. The summed E-state index contributed by atoms with van der Waals surface area (Å²) in [5.41, 5.74) is 10.6. The predicted molar refractivity (Wildman–Crippen MR) is 227 cm³/mol. The predicted octanol–water partition coefficient (Wildman–Crippen LogP) is 14.8. The Morgan fingerprint density at radius 3 is 1.42 bits per heavy atom. The van der Waals surface area contributed by atoms with E-state index in [2.05, 4.69) is 217 Å². The van der Waals surface area contributed by atoms with Gasteiger partial charge in [-0.05, 0) is 107 Å². The maximum absolute atomic E-state index is 2.40. The summed E-state index contributed by atoms with van der Waals surface area (Å²) in [6, 6.07) is 77.2. The molecule has 0 aromatic heterocycles. The molecule has 0 saturated heterocycles. The van der Waals surface area contributed by atoms with Crippen molar-refractivity contribution in [3.05, 3.63) is 212 Å². The molecule has 0 bridgehead atoms. The maximum atomic E-state index is 2.40. The van der Waals surface area contributed by atoms with E-state index in [0.717, 1.165) is 17.1 Å². The van der Waals surface area contributed by atoms with Gasteiger partial charge in [0.15, 0.2) is 0 Å². The minimum atomic E-state index is 1.11. The van der Waals surface area contributed by atoms with E-state index in [0.29, 0.717) is 0 Å². The molecule has 0 atom stereocenters. The van der Waals surface area contributed by atoms with Crippen LogP contribution < -0.4 is 4.90 Å². The molecule has 0 fully saturated rings. The third-order valence-electron chi connectivity index (χ3n) is 10.6. The van der Waals surface area contributed by atoms with Gasteiger partial charge in [0, 0.05) is 16.8 Å². The summed E-state index contributed by atoms with van der Waals surface area (Å²) in [5.74, 6) is 0. The molecule has 1 nitrogen and oxygen atoms in total. The molecule has 53 heavy (non-hydrogen) atoms. The Labute approximate surface area is 309 Å². The summed E-state index contributed by atoms with van der Waals surface area (Å²) < 4.78 is 0. The number of anilines is 3. The van der Waals surface area contributed by atoms with Crippen LogP contribution in [-0.4, -0.2) is 0 Å². The molecule has 0 heterocycles. The van der Waals surface area contributed by atoms with Gasteiger partial charge in [-0.2, -0.15) is 0 Å². The highest BCUT2D eigenvalue weighted by molar-refractivity contribution is 6.20. The fourth-order valence-corrected chi connectivity index (χ4v) is 8.02. The van der Waals surface area contributed by atoms with Crippen molar-refractivity contribution in [2.75, 3.05) is 4.90 Å². The highest BCUT2D eigenvalue weighted by atomic mass is 15.1. The molecule has 0 radical (unpaired) electrons. The second-order valence-electron chi connectivity index (χ2n) is 13.7. The first-order valence-electron chi connectivity index (χ1n) is 18.3. The van der Waals surface area contributed by atoms with Gasteiger partial charge in [0.2, 0.25) is 0 Å². The van der Waals surface area contributed by atoms with E-state index >= 15 is 0 Å². The summed E-state index contributed by atoms with van der Waals surface area (Å²) >= 11 is 0. The molecule has 0 spiro atoms. The Morgan fingerprint density at radius 1 is 0.264 bits per heavy atom. The first-order chi connectivity index (χ1) is 26.3. The van der Waals surface area contributed by atoms with Crippen molar-refractivity contribution in [2.45, 2.75) is 0 Å². The average Bonchev–Trinajstić information content (AvgIpc) is 3.24. The second-order valence-corrected chi connectivity index (χ2v) is 13.7. The molecular weight excluding hydrogens is 639 g/mol. The van der Waals surface area contributed by atoms with E-state index in [4.69, 9.17) is 0 Å². The zero-order valence-corrected chi connectivity index (χ0v) is 29.2. The molecule has 0 aliphatic heterocycles. The second kappa shape index (κ2) is 13.0. The molecule has 0 aliphatic rings. The molecular formula is C52H35N. The normalized spacial score (nSPS) is 11.4. The van der Waals surface area contributed by atoms with E-state index in [1.54, 1.807) is 0 Å². The van der Waals surface area contributed by atoms with Crippen molar-refractivity contribution in [2.24, 2.45) is 0 Å².